The van der Waals surface area contributed by atoms with Crippen molar-refractivity contribution in [1.82, 2.24) is 5.32 Å². The number of para-hydroxylation sites is 1. The van der Waals surface area contributed by atoms with Crippen LogP contribution in [0.2, 0.25) is 0 Å². The molecule has 3 rings (SSSR count). The maximum atomic E-state index is 13.1. The van der Waals surface area contributed by atoms with E-state index >= 15 is 0 Å². The van der Waals surface area contributed by atoms with Crippen LogP contribution >= 0.6 is 11.8 Å². The Hall–Kier alpha value is -2.81. The summed E-state index contributed by atoms with van der Waals surface area (Å²) in [6.07, 6.45) is -4.68. The predicted molar refractivity (Wildman–Crippen MR) is 107 cm³/mol. The number of hydrogen-bond acceptors (Lipinski definition) is 4. The summed E-state index contributed by atoms with van der Waals surface area (Å²) in [4.78, 5) is 28.4. The molecule has 0 bridgehead atoms. The summed E-state index contributed by atoms with van der Waals surface area (Å²) in [5.41, 5.74) is 1.35. The summed E-state index contributed by atoms with van der Waals surface area (Å²) in [6.45, 7) is 3.76. The Kier molecular flexibility index (Phi) is 5.97. The number of anilines is 1. The molecule has 1 aliphatic rings. The van der Waals surface area contributed by atoms with Crippen LogP contribution in [0.4, 0.5) is 24.5 Å². The number of aliphatic imine (C=N–C) groups is 1. The second-order valence-corrected chi connectivity index (χ2v) is 7.79. The molecule has 1 aliphatic heterocycles. The van der Waals surface area contributed by atoms with Crippen LogP contribution in [0.1, 0.15) is 23.1 Å². The van der Waals surface area contributed by atoms with Crippen molar-refractivity contribution in [3.05, 3.63) is 59.2 Å². The lowest BCUT2D eigenvalue weighted by Gasteiger charge is -2.10. The van der Waals surface area contributed by atoms with Crippen LogP contribution < -0.4 is 10.6 Å². The first kappa shape index (κ1) is 20.9. The van der Waals surface area contributed by atoms with Gasteiger partial charge in [0.1, 0.15) is 5.25 Å². The topological polar surface area (TPSA) is 70.6 Å². The van der Waals surface area contributed by atoms with Gasteiger partial charge in [-0.05, 0) is 43.2 Å². The van der Waals surface area contributed by atoms with Crippen LogP contribution in [0.25, 0.3) is 0 Å². The minimum absolute atomic E-state index is 0.0382. The van der Waals surface area contributed by atoms with Gasteiger partial charge in [0.05, 0.1) is 11.3 Å². The number of hydrogen-bond donors (Lipinski definition) is 2. The fourth-order valence-corrected chi connectivity index (χ4v) is 3.73. The molecule has 0 aliphatic carbocycles. The number of halogens is 3. The fraction of sp³-hybridized carbons (Fsp3) is 0.250. The molecule has 0 aromatic heterocycles. The Morgan fingerprint density at radius 2 is 1.93 bits per heavy atom. The third kappa shape index (κ3) is 5.17. The van der Waals surface area contributed by atoms with Crippen LogP contribution in [-0.4, -0.2) is 22.2 Å². The van der Waals surface area contributed by atoms with Crippen molar-refractivity contribution in [3.63, 3.8) is 0 Å². The zero-order valence-electron chi connectivity index (χ0n) is 15.6. The van der Waals surface area contributed by atoms with E-state index in [1.54, 1.807) is 0 Å². The second kappa shape index (κ2) is 8.28. The quantitative estimate of drug-likeness (QED) is 0.760. The standard InChI is InChI=1S/C20H18F3N3O2S/c1-11-7-8-12(2)15(9-11)24-17(27)10-16-18(28)26-19(29-16)25-14-6-4-3-5-13(14)20(21,22)23/h3-9,16H,10H2,1-2H3,(H,24,27)(H,25,26,28)/t16-/m1/s1. The smallest absolute Gasteiger partial charge is 0.326 e. The molecule has 0 unspecified atom stereocenters. The zero-order chi connectivity index (χ0) is 21.2. The highest BCUT2D eigenvalue weighted by Gasteiger charge is 2.35. The first-order valence-electron chi connectivity index (χ1n) is 8.73. The van der Waals surface area contributed by atoms with Gasteiger partial charge in [-0.2, -0.15) is 13.2 Å². The van der Waals surface area contributed by atoms with Gasteiger partial charge in [-0.1, -0.05) is 36.0 Å². The number of amides is 2. The van der Waals surface area contributed by atoms with Gasteiger partial charge in [-0.15, -0.1) is 0 Å². The maximum absolute atomic E-state index is 13.1. The number of carbonyl (C=O) groups excluding carboxylic acids is 2. The van der Waals surface area contributed by atoms with Crippen LogP contribution in [-0.2, 0) is 15.8 Å². The number of benzene rings is 2. The lowest BCUT2D eigenvalue weighted by molar-refractivity contribution is -0.137. The molecule has 152 valence electrons. The Morgan fingerprint density at radius 1 is 1.21 bits per heavy atom. The summed E-state index contributed by atoms with van der Waals surface area (Å²) in [6, 6.07) is 10.5. The van der Waals surface area contributed by atoms with Crippen molar-refractivity contribution >= 4 is 40.1 Å². The summed E-state index contributed by atoms with van der Waals surface area (Å²) >= 11 is 0.940. The average molecular weight is 421 g/mol. The van der Waals surface area contributed by atoms with Crippen molar-refractivity contribution < 1.29 is 22.8 Å². The normalized spacial score (nSPS) is 18.0. The first-order chi connectivity index (χ1) is 13.6. The predicted octanol–water partition coefficient (Wildman–Crippen LogP) is 4.57. The third-order valence-electron chi connectivity index (χ3n) is 4.25. The number of alkyl halides is 3. The molecule has 1 fully saturated rings. The molecule has 2 amide bonds. The molecular formula is C20H18F3N3O2S. The van der Waals surface area contributed by atoms with Crippen LogP contribution in [0, 0.1) is 13.8 Å². The summed E-state index contributed by atoms with van der Waals surface area (Å²) in [7, 11) is 0. The molecular weight excluding hydrogens is 403 g/mol. The minimum atomic E-state index is -4.56. The van der Waals surface area contributed by atoms with Gasteiger partial charge in [0.15, 0.2) is 5.17 Å². The zero-order valence-corrected chi connectivity index (χ0v) is 16.4. The molecule has 5 nitrogen and oxygen atoms in total. The minimum Gasteiger partial charge on any atom is -0.326 e. The Bertz CT molecular complexity index is 989. The van der Waals surface area contributed by atoms with Gasteiger partial charge in [0.25, 0.3) is 0 Å². The summed E-state index contributed by atoms with van der Waals surface area (Å²) in [5.74, 6) is -0.822. The molecule has 0 spiro atoms. The molecule has 0 saturated carbocycles. The molecule has 1 atom stereocenters. The molecule has 1 saturated heterocycles. The Labute approximate surface area is 169 Å². The van der Waals surface area contributed by atoms with Gasteiger partial charge >= 0.3 is 6.18 Å². The van der Waals surface area contributed by atoms with E-state index in [0.717, 1.165) is 29.0 Å². The van der Waals surface area contributed by atoms with Gasteiger partial charge in [-0.25, -0.2) is 4.99 Å². The largest absolute Gasteiger partial charge is 0.418 e. The average Bonchev–Trinajstić information content (AvgIpc) is 2.96. The van der Waals surface area contributed by atoms with Crippen molar-refractivity contribution in [3.8, 4) is 0 Å². The maximum Gasteiger partial charge on any atom is 0.418 e. The molecule has 29 heavy (non-hydrogen) atoms. The van der Waals surface area contributed by atoms with E-state index in [1.807, 2.05) is 32.0 Å². The van der Waals surface area contributed by atoms with E-state index in [4.69, 9.17) is 0 Å². The monoisotopic (exact) mass is 421 g/mol. The summed E-state index contributed by atoms with van der Waals surface area (Å²) in [5, 5.41) is 4.49. The van der Waals surface area contributed by atoms with Crippen molar-refractivity contribution in [2.75, 3.05) is 5.32 Å². The molecule has 0 radical (unpaired) electrons. The SMILES string of the molecule is Cc1ccc(C)c(NC(=O)C[C@H]2SC(=Nc3ccccc3C(F)(F)F)NC2=O)c1. The van der Waals surface area contributed by atoms with E-state index in [2.05, 4.69) is 15.6 Å². The van der Waals surface area contributed by atoms with Crippen molar-refractivity contribution in [2.24, 2.45) is 4.99 Å². The van der Waals surface area contributed by atoms with E-state index in [-0.39, 0.29) is 23.2 Å². The van der Waals surface area contributed by atoms with Gasteiger partial charge in [-0.3, -0.25) is 9.59 Å². The van der Waals surface area contributed by atoms with Gasteiger partial charge in [0.2, 0.25) is 11.8 Å². The van der Waals surface area contributed by atoms with E-state index in [0.29, 0.717) is 5.69 Å². The molecule has 2 aromatic rings. The number of aryl methyl sites for hydroxylation is 2. The number of carbonyl (C=O) groups is 2. The second-order valence-electron chi connectivity index (χ2n) is 6.60. The highest BCUT2D eigenvalue weighted by Crippen LogP contribution is 2.37. The van der Waals surface area contributed by atoms with E-state index in [9.17, 15) is 22.8 Å². The fourth-order valence-electron chi connectivity index (χ4n) is 2.75. The van der Waals surface area contributed by atoms with Crippen LogP contribution in [0.15, 0.2) is 47.5 Å². The number of amidine groups is 1. The third-order valence-corrected chi connectivity index (χ3v) is 5.33. The molecule has 2 aromatic carbocycles. The highest BCUT2D eigenvalue weighted by molar-refractivity contribution is 8.15. The lowest BCUT2D eigenvalue weighted by atomic mass is 10.1. The lowest BCUT2D eigenvalue weighted by Crippen LogP contribution is -2.28. The molecule has 2 N–H and O–H groups in total. The van der Waals surface area contributed by atoms with Crippen molar-refractivity contribution in [2.45, 2.75) is 31.7 Å². The Morgan fingerprint density at radius 3 is 2.66 bits per heavy atom. The van der Waals surface area contributed by atoms with Crippen LogP contribution in [0.5, 0.6) is 0 Å². The van der Waals surface area contributed by atoms with Gasteiger partial charge < -0.3 is 10.6 Å². The number of thioether (sulfide) groups is 1. The number of rotatable bonds is 4. The molecule has 9 heteroatoms. The van der Waals surface area contributed by atoms with Crippen molar-refractivity contribution in [1.29, 1.82) is 0 Å². The molecule has 1 heterocycles. The highest BCUT2D eigenvalue weighted by atomic mass is 32.2. The number of nitrogens with one attached hydrogen (secondary N) is 2. The van der Waals surface area contributed by atoms with Crippen LogP contribution in [0.3, 0.4) is 0 Å². The van der Waals surface area contributed by atoms with E-state index in [1.165, 1.54) is 18.2 Å². The van der Waals surface area contributed by atoms with Gasteiger partial charge in [0, 0.05) is 12.1 Å². The first-order valence-corrected chi connectivity index (χ1v) is 9.61. The Balaban J connectivity index is 1.70. The summed E-state index contributed by atoms with van der Waals surface area (Å²) < 4.78 is 39.3. The van der Waals surface area contributed by atoms with E-state index < -0.39 is 22.9 Å². The number of nitrogens with zero attached hydrogens (tertiary/aromatic N) is 1.